The van der Waals surface area contributed by atoms with Gasteiger partial charge < -0.3 is 5.11 Å². The fourth-order valence-electron chi connectivity index (χ4n) is 3.56. The zero-order valence-corrected chi connectivity index (χ0v) is 14.2. The van der Waals surface area contributed by atoms with Gasteiger partial charge in [-0.2, -0.15) is 0 Å². The van der Waals surface area contributed by atoms with Gasteiger partial charge in [0.05, 0.1) is 0 Å². The zero-order chi connectivity index (χ0) is 15.6. The number of hydrogen-bond donors (Lipinski definition) is 1. The zero-order valence-electron chi connectivity index (χ0n) is 14.2. The number of piperazine rings is 1. The highest BCUT2D eigenvalue weighted by Crippen LogP contribution is 2.24. The highest BCUT2D eigenvalue weighted by atomic mass is 16.3. The monoisotopic (exact) mass is 290 g/mol. The van der Waals surface area contributed by atoms with Crippen molar-refractivity contribution in [3.63, 3.8) is 0 Å². The number of nitrogens with zero attached hydrogens (tertiary/aromatic N) is 2. The van der Waals surface area contributed by atoms with E-state index in [-0.39, 0.29) is 0 Å². The Kier molecular flexibility index (Phi) is 5.28. The first kappa shape index (κ1) is 16.3. The highest BCUT2D eigenvalue weighted by Gasteiger charge is 2.27. The van der Waals surface area contributed by atoms with Crippen molar-refractivity contribution in [2.24, 2.45) is 0 Å². The van der Waals surface area contributed by atoms with Crippen molar-refractivity contribution in [3.8, 4) is 5.75 Å². The Labute approximate surface area is 129 Å². The summed E-state index contributed by atoms with van der Waals surface area (Å²) in [6.07, 6.45) is 1.21. The van der Waals surface area contributed by atoms with Gasteiger partial charge in [0.2, 0.25) is 0 Å². The number of aromatic hydroxyl groups is 1. The van der Waals surface area contributed by atoms with Crippen molar-refractivity contribution in [3.05, 3.63) is 28.8 Å². The van der Waals surface area contributed by atoms with E-state index in [1.54, 1.807) is 0 Å². The molecule has 1 N–H and O–H groups in total. The number of phenols is 1. The third-order valence-electron chi connectivity index (χ3n) is 4.81. The molecule has 0 saturated carbocycles. The summed E-state index contributed by atoms with van der Waals surface area (Å²) in [5, 5.41) is 9.68. The van der Waals surface area contributed by atoms with Crippen LogP contribution >= 0.6 is 0 Å². The van der Waals surface area contributed by atoms with E-state index in [9.17, 15) is 5.11 Å². The smallest absolute Gasteiger partial charge is 0.116 e. The lowest BCUT2D eigenvalue weighted by molar-refractivity contribution is 0.0455. The summed E-state index contributed by atoms with van der Waals surface area (Å²) in [5.41, 5.74) is 3.78. The van der Waals surface area contributed by atoms with Crippen LogP contribution < -0.4 is 0 Å². The Balaban J connectivity index is 2.08. The maximum Gasteiger partial charge on any atom is 0.116 e. The van der Waals surface area contributed by atoms with E-state index in [0.717, 1.165) is 26.2 Å². The van der Waals surface area contributed by atoms with Gasteiger partial charge >= 0.3 is 0 Å². The molecule has 3 nitrogen and oxygen atoms in total. The molecule has 0 bridgehead atoms. The summed E-state index contributed by atoms with van der Waals surface area (Å²) in [6, 6.07) is 5.05. The Bertz CT molecular complexity index is 461. The van der Waals surface area contributed by atoms with E-state index in [4.69, 9.17) is 0 Å². The predicted molar refractivity (Wildman–Crippen MR) is 88.8 cm³/mol. The van der Waals surface area contributed by atoms with Crippen molar-refractivity contribution in [1.29, 1.82) is 0 Å². The van der Waals surface area contributed by atoms with E-state index in [0.29, 0.717) is 17.8 Å². The van der Waals surface area contributed by atoms with Crippen LogP contribution in [0.4, 0.5) is 0 Å². The van der Waals surface area contributed by atoms with E-state index >= 15 is 0 Å². The quantitative estimate of drug-likeness (QED) is 0.921. The minimum atomic E-state index is 0.379. The van der Waals surface area contributed by atoms with Gasteiger partial charge in [0.25, 0.3) is 0 Å². The van der Waals surface area contributed by atoms with Crippen LogP contribution in [0.2, 0.25) is 0 Å². The first-order valence-corrected chi connectivity index (χ1v) is 8.19. The minimum Gasteiger partial charge on any atom is -0.508 e. The summed E-state index contributed by atoms with van der Waals surface area (Å²) < 4.78 is 0. The second kappa shape index (κ2) is 6.80. The van der Waals surface area contributed by atoms with Gasteiger partial charge in [-0.3, -0.25) is 9.80 Å². The third-order valence-corrected chi connectivity index (χ3v) is 4.81. The molecule has 0 radical (unpaired) electrons. The molecular weight excluding hydrogens is 260 g/mol. The molecule has 1 atom stereocenters. The van der Waals surface area contributed by atoms with Crippen LogP contribution in [0.5, 0.6) is 5.75 Å². The first-order chi connectivity index (χ1) is 9.92. The minimum absolute atomic E-state index is 0.379. The van der Waals surface area contributed by atoms with Gasteiger partial charge in [0, 0.05) is 38.3 Å². The van der Waals surface area contributed by atoms with Gasteiger partial charge in [-0.25, -0.2) is 0 Å². The SMILES string of the molecule is CCC1CN(Cc2c(C)cc(O)cc2C)CCN1C(C)C. The van der Waals surface area contributed by atoms with E-state index in [1.807, 2.05) is 12.1 Å². The molecule has 1 fully saturated rings. The summed E-state index contributed by atoms with van der Waals surface area (Å²) in [6.45, 7) is 15.5. The lowest BCUT2D eigenvalue weighted by Crippen LogP contribution is -2.54. The molecule has 3 heteroatoms. The van der Waals surface area contributed by atoms with Crippen molar-refractivity contribution in [2.75, 3.05) is 19.6 Å². The standard InChI is InChI=1S/C18H30N2O/c1-6-16-11-19(7-8-20(16)13(2)3)12-18-14(4)9-17(21)10-15(18)5/h9-10,13,16,21H,6-8,11-12H2,1-5H3. The molecule has 1 heterocycles. The number of phenolic OH excluding ortho intramolecular Hbond substituents is 1. The van der Waals surface area contributed by atoms with Crippen LogP contribution in [0.3, 0.4) is 0 Å². The summed E-state index contributed by atoms with van der Waals surface area (Å²) in [4.78, 5) is 5.20. The molecule has 1 aliphatic rings. The molecule has 21 heavy (non-hydrogen) atoms. The maximum atomic E-state index is 9.68. The van der Waals surface area contributed by atoms with Crippen LogP contribution in [0, 0.1) is 13.8 Å². The molecule has 0 aliphatic carbocycles. The van der Waals surface area contributed by atoms with Crippen LogP contribution in [-0.2, 0) is 6.54 Å². The molecule has 1 unspecified atom stereocenters. The molecule has 1 saturated heterocycles. The predicted octanol–water partition coefficient (Wildman–Crippen LogP) is 3.31. The molecule has 1 aromatic carbocycles. The number of aryl methyl sites for hydroxylation is 2. The largest absolute Gasteiger partial charge is 0.508 e. The molecule has 0 amide bonds. The Morgan fingerprint density at radius 2 is 1.81 bits per heavy atom. The molecule has 0 spiro atoms. The lowest BCUT2D eigenvalue weighted by atomic mass is 10.0. The normalized spacial score (nSPS) is 21.1. The van der Waals surface area contributed by atoms with Gasteiger partial charge in [0.15, 0.2) is 0 Å². The van der Waals surface area contributed by atoms with Crippen LogP contribution in [-0.4, -0.2) is 46.6 Å². The molecule has 1 aliphatic heterocycles. The number of rotatable bonds is 4. The average molecular weight is 290 g/mol. The molecule has 1 aromatic rings. The first-order valence-electron chi connectivity index (χ1n) is 8.19. The third kappa shape index (κ3) is 3.78. The number of benzene rings is 1. The van der Waals surface area contributed by atoms with Crippen molar-refractivity contribution < 1.29 is 5.11 Å². The molecular formula is C18H30N2O. The fourth-order valence-corrected chi connectivity index (χ4v) is 3.56. The second-order valence-electron chi connectivity index (χ2n) is 6.69. The van der Waals surface area contributed by atoms with Crippen LogP contribution in [0.1, 0.15) is 43.9 Å². The highest BCUT2D eigenvalue weighted by molar-refractivity contribution is 5.40. The topological polar surface area (TPSA) is 26.7 Å². The van der Waals surface area contributed by atoms with Crippen molar-refractivity contribution >= 4 is 0 Å². The molecule has 118 valence electrons. The van der Waals surface area contributed by atoms with Crippen LogP contribution in [0.15, 0.2) is 12.1 Å². The van der Waals surface area contributed by atoms with Gasteiger partial charge in [0.1, 0.15) is 5.75 Å². The molecule has 2 rings (SSSR count). The van der Waals surface area contributed by atoms with E-state index in [1.165, 1.54) is 23.1 Å². The van der Waals surface area contributed by atoms with Gasteiger partial charge in [-0.15, -0.1) is 0 Å². The Morgan fingerprint density at radius 3 is 2.33 bits per heavy atom. The molecule has 0 aromatic heterocycles. The van der Waals surface area contributed by atoms with Gasteiger partial charge in [-0.1, -0.05) is 6.92 Å². The van der Waals surface area contributed by atoms with Crippen LogP contribution in [0.25, 0.3) is 0 Å². The fraction of sp³-hybridized carbons (Fsp3) is 0.667. The summed E-state index contributed by atoms with van der Waals surface area (Å²) in [5.74, 6) is 0.379. The maximum absolute atomic E-state index is 9.68. The van der Waals surface area contributed by atoms with Gasteiger partial charge in [-0.05, 0) is 62.9 Å². The summed E-state index contributed by atoms with van der Waals surface area (Å²) >= 11 is 0. The average Bonchev–Trinajstić information content (AvgIpc) is 2.42. The van der Waals surface area contributed by atoms with Crippen molar-refractivity contribution in [1.82, 2.24) is 9.80 Å². The Morgan fingerprint density at radius 1 is 1.19 bits per heavy atom. The lowest BCUT2D eigenvalue weighted by Gasteiger charge is -2.43. The second-order valence-corrected chi connectivity index (χ2v) is 6.69. The van der Waals surface area contributed by atoms with E-state index in [2.05, 4.69) is 44.4 Å². The van der Waals surface area contributed by atoms with Crippen molar-refractivity contribution in [2.45, 2.75) is 59.7 Å². The van der Waals surface area contributed by atoms with E-state index < -0.39 is 0 Å². The number of hydrogen-bond acceptors (Lipinski definition) is 3. The Hall–Kier alpha value is -1.06. The summed E-state index contributed by atoms with van der Waals surface area (Å²) in [7, 11) is 0.